The van der Waals surface area contributed by atoms with Gasteiger partial charge in [0.25, 0.3) is 0 Å². The maximum Gasteiger partial charge on any atom is 0.308 e. The minimum atomic E-state index is -0.176. The highest BCUT2D eigenvalue weighted by Crippen LogP contribution is 2.30. The Hall–Kier alpha value is -1.10. The molecule has 1 fully saturated rings. The lowest BCUT2D eigenvalue weighted by atomic mass is 9.82. The summed E-state index contributed by atoms with van der Waals surface area (Å²) in [6.45, 7) is 0.498. The van der Waals surface area contributed by atoms with Gasteiger partial charge in [0.05, 0.1) is 25.6 Å². The molecule has 0 atom stereocenters. The van der Waals surface area contributed by atoms with Crippen LogP contribution in [-0.2, 0) is 19.1 Å². The second-order valence-corrected chi connectivity index (χ2v) is 4.67. The summed E-state index contributed by atoms with van der Waals surface area (Å²) in [5.41, 5.74) is 0. The number of methoxy groups -OCH3 is 1. The van der Waals surface area contributed by atoms with E-state index in [1.165, 1.54) is 7.11 Å². The largest absolute Gasteiger partial charge is 0.469 e. The van der Waals surface area contributed by atoms with Crippen LogP contribution in [-0.4, -0.2) is 37.4 Å². The topological polar surface area (TPSA) is 72.8 Å². The van der Waals surface area contributed by atoms with Crippen molar-refractivity contribution in [1.82, 2.24) is 0 Å². The number of hydrogen-bond acceptors (Lipinski definition) is 5. The van der Waals surface area contributed by atoms with E-state index >= 15 is 0 Å². The molecule has 0 spiro atoms. The van der Waals surface area contributed by atoms with Crippen LogP contribution in [0.1, 0.15) is 38.5 Å². The van der Waals surface area contributed by atoms with Gasteiger partial charge in [-0.1, -0.05) is 0 Å². The smallest absolute Gasteiger partial charge is 0.308 e. The minimum Gasteiger partial charge on any atom is -0.469 e. The fourth-order valence-electron chi connectivity index (χ4n) is 2.24. The van der Waals surface area contributed by atoms with Crippen LogP contribution >= 0.6 is 0 Å². The molecule has 5 heteroatoms. The van der Waals surface area contributed by atoms with Crippen LogP contribution in [0.3, 0.4) is 0 Å². The number of carbonyl (C=O) groups is 2. The molecule has 0 aliphatic heterocycles. The van der Waals surface area contributed by atoms with Gasteiger partial charge in [0.2, 0.25) is 0 Å². The first-order chi connectivity index (χ1) is 8.69. The lowest BCUT2D eigenvalue weighted by Gasteiger charge is -2.25. The van der Waals surface area contributed by atoms with Gasteiger partial charge in [-0.05, 0) is 38.5 Å². The Morgan fingerprint density at radius 3 is 2.11 bits per heavy atom. The van der Waals surface area contributed by atoms with Gasteiger partial charge >= 0.3 is 11.9 Å². The lowest BCUT2D eigenvalue weighted by molar-refractivity contribution is -0.153. The molecule has 1 rings (SSSR count). The molecular formula is C13H22O5. The van der Waals surface area contributed by atoms with E-state index in [1.54, 1.807) is 0 Å². The van der Waals surface area contributed by atoms with Crippen LogP contribution in [0.4, 0.5) is 0 Å². The number of aliphatic hydroxyl groups excluding tert-OH is 1. The molecule has 0 saturated heterocycles. The summed E-state index contributed by atoms with van der Waals surface area (Å²) in [7, 11) is 1.39. The third kappa shape index (κ3) is 4.64. The van der Waals surface area contributed by atoms with Gasteiger partial charge in [-0.25, -0.2) is 0 Å². The van der Waals surface area contributed by atoms with Crippen molar-refractivity contribution in [3.05, 3.63) is 0 Å². The third-order valence-electron chi connectivity index (χ3n) is 3.39. The van der Waals surface area contributed by atoms with Crippen LogP contribution in [0.5, 0.6) is 0 Å². The Kier molecular flexibility index (Phi) is 6.72. The number of aliphatic hydroxyl groups is 1. The second-order valence-electron chi connectivity index (χ2n) is 4.67. The molecule has 1 N–H and O–H groups in total. The molecule has 0 aromatic carbocycles. The van der Waals surface area contributed by atoms with E-state index in [9.17, 15) is 9.59 Å². The molecular weight excluding hydrogens is 236 g/mol. The zero-order valence-corrected chi connectivity index (χ0v) is 10.9. The quantitative estimate of drug-likeness (QED) is 0.574. The number of rotatable bonds is 6. The molecule has 0 aromatic heterocycles. The molecule has 1 aliphatic carbocycles. The number of esters is 2. The highest BCUT2D eigenvalue weighted by Gasteiger charge is 2.31. The summed E-state index contributed by atoms with van der Waals surface area (Å²) in [6.07, 6.45) is 4.13. The van der Waals surface area contributed by atoms with E-state index in [4.69, 9.17) is 14.6 Å². The van der Waals surface area contributed by atoms with Crippen molar-refractivity contribution in [3.63, 3.8) is 0 Å². The van der Waals surface area contributed by atoms with Crippen LogP contribution in [0.15, 0.2) is 0 Å². The molecule has 0 amide bonds. The number of hydrogen-bond donors (Lipinski definition) is 1. The predicted molar refractivity (Wildman–Crippen MR) is 64.7 cm³/mol. The Morgan fingerprint density at radius 2 is 1.61 bits per heavy atom. The van der Waals surface area contributed by atoms with Gasteiger partial charge in [0.15, 0.2) is 0 Å². The molecule has 0 bridgehead atoms. The number of ether oxygens (including phenoxy) is 2. The van der Waals surface area contributed by atoms with E-state index in [0.29, 0.717) is 45.1 Å². The summed E-state index contributed by atoms with van der Waals surface area (Å²) in [5, 5.41) is 8.60. The van der Waals surface area contributed by atoms with Gasteiger partial charge in [0, 0.05) is 6.61 Å². The molecule has 0 heterocycles. The van der Waals surface area contributed by atoms with E-state index < -0.39 is 0 Å². The van der Waals surface area contributed by atoms with Gasteiger partial charge in [-0.15, -0.1) is 0 Å². The summed E-state index contributed by atoms with van der Waals surface area (Å²) in [6, 6.07) is 0. The molecule has 0 radical (unpaired) electrons. The van der Waals surface area contributed by atoms with Crippen molar-refractivity contribution in [2.24, 2.45) is 11.8 Å². The maximum atomic E-state index is 11.7. The molecule has 1 saturated carbocycles. The van der Waals surface area contributed by atoms with E-state index in [-0.39, 0.29) is 30.4 Å². The molecule has 5 nitrogen and oxygen atoms in total. The Bertz CT molecular complexity index is 269. The fraction of sp³-hybridized carbons (Fsp3) is 0.846. The second kappa shape index (κ2) is 8.08. The minimum absolute atomic E-state index is 0.0616. The van der Waals surface area contributed by atoms with Crippen molar-refractivity contribution >= 4 is 11.9 Å². The summed E-state index contributed by atoms with van der Waals surface area (Å²) < 4.78 is 9.84. The van der Waals surface area contributed by atoms with Gasteiger partial charge in [-0.3, -0.25) is 9.59 Å². The first-order valence-electron chi connectivity index (χ1n) is 6.54. The Balaban J connectivity index is 2.21. The molecule has 0 aromatic rings. The first kappa shape index (κ1) is 15.0. The van der Waals surface area contributed by atoms with E-state index in [0.717, 1.165) is 0 Å². The van der Waals surface area contributed by atoms with Crippen LogP contribution in [0, 0.1) is 11.8 Å². The molecule has 104 valence electrons. The standard InChI is InChI=1S/C13H22O5/c1-17-12(15)10-4-6-11(7-5-10)13(16)18-9-3-2-8-14/h10-11,14H,2-9H2,1H3. The molecule has 18 heavy (non-hydrogen) atoms. The van der Waals surface area contributed by atoms with E-state index in [1.807, 2.05) is 0 Å². The zero-order chi connectivity index (χ0) is 13.4. The van der Waals surface area contributed by atoms with Gasteiger partial charge < -0.3 is 14.6 Å². The highest BCUT2D eigenvalue weighted by atomic mass is 16.5. The van der Waals surface area contributed by atoms with Crippen molar-refractivity contribution < 1.29 is 24.2 Å². The van der Waals surface area contributed by atoms with Gasteiger partial charge in [-0.2, -0.15) is 0 Å². The van der Waals surface area contributed by atoms with Crippen molar-refractivity contribution in [2.75, 3.05) is 20.3 Å². The van der Waals surface area contributed by atoms with Crippen molar-refractivity contribution in [3.8, 4) is 0 Å². The van der Waals surface area contributed by atoms with Crippen molar-refractivity contribution in [1.29, 1.82) is 0 Å². The molecule has 1 aliphatic rings. The third-order valence-corrected chi connectivity index (χ3v) is 3.39. The average molecular weight is 258 g/mol. The average Bonchev–Trinajstić information content (AvgIpc) is 2.42. The number of carbonyl (C=O) groups excluding carboxylic acids is 2. The van der Waals surface area contributed by atoms with Crippen molar-refractivity contribution in [2.45, 2.75) is 38.5 Å². The Labute approximate surface area is 107 Å². The lowest BCUT2D eigenvalue weighted by Crippen LogP contribution is -2.28. The Morgan fingerprint density at radius 1 is 1.06 bits per heavy atom. The fourth-order valence-corrected chi connectivity index (χ4v) is 2.24. The monoisotopic (exact) mass is 258 g/mol. The SMILES string of the molecule is COC(=O)C1CCC(C(=O)OCCCCO)CC1. The summed E-state index contributed by atoms with van der Waals surface area (Å²) in [4.78, 5) is 23.0. The normalized spacial score (nSPS) is 23.4. The zero-order valence-electron chi connectivity index (χ0n) is 10.9. The highest BCUT2D eigenvalue weighted by molar-refractivity contribution is 5.75. The van der Waals surface area contributed by atoms with Crippen LogP contribution < -0.4 is 0 Å². The predicted octanol–water partition coefficient (Wildman–Crippen LogP) is 1.28. The summed E-state index contributed by atoms with van der Waals surface area (Å²) in [5.74, 6) is -0.491. The van der Waals surface area contributed by atoms with E-state index in [2.05, 4.69) is 0 Å². The number of unbranched alkanes of at least 4 members (excludes halogenated alkanes) is 1. The molecule has 0 unspecified atom stereocenters. The first-order valence-corrected chi connectivity index (χ1v) is 6.54. The van der Waals surface area contributed by atoms with Gasteiger partial charge in [0.1, 0.15) is 0 Å². The maximum absolute atomic E-state index is 11.7. The summed E-state index contributed by atoms with van der Waals surface area (Å²) >= 11 is 0. The van der Waals surface area contributed by atoms with Crippen LogP contribution in [0.25, 0.3) is 0 Å². The van der Waals surface area contributed by atoms with Crippen LogP contribution in [0.2, 0.25) is 0 Å².